The van der Waals surface area contributed by atoms with Gasteiger partial charge in [0.1, 0.15) is 0 Å². The molecule has 1 aliphatic rings. The third-order valence-electron chi connectivity index (χ3n) is 6.27. The van der Waals surface area contributed by atoms with E-state index in [1.54, 1.807) is 0 Å². The first kappa shape index (κ1) is 24.6. The van der Waals surface area contributed by atoms with E-state index in [2.05, 4.69) is 79.5 Å². The lowest BCUT2D eigenvalue weighted by atomic mass is 9.87. The number of hydrogen-bond donors (Lipinski definition) is 0. The van der Waals surface area contributed by atoms with Crippen LogP contribution in [0, 0.1) is 5.92 Å². The molecule has 0 saturated heterocycles. The molecule has 0 aromatic carbocycles. The Morgan fingerprint density at radius 3 is 2.30 bits per heavy atom. The molecule has 2 atom stereocenters. The fraction of sp³-hybridized carbons (Fsp3) is 0.783. The summed E-state index contributed by atoms with van der Waals surface area (Å²) in [4.78, 5) is 12.6. The Balaban J connectivity index is 3.05. The molecule has 0 saturated carbocycles. The van der Waals surface area contributed by atoms with E-state index < -0.39 is 16.4 Å². The zero-order valence-electron chi connectivity index (χ0n) is 19.7. The Morgan fingerprint density at radius 2 is 1.81 bits per heavy atom. The molecule has 0 aromatic rings. The van der Waals surface area contributed by atoms with Gasteiger partial charge in [0, 0.05) is 20.1 Å². The van der Waals surface area contributed by atoms with Crippen molar-refractivity contribution < 1.29 is 9.22 Å². The fourth-order valence-corrected chi connectivity index (χ4v) is 5.26. The van der Waals surface area contributed by atoms with Crippen LogP contribution in [0.5, 0.6) is 0 Å². The van der Waals surface area contributed by atoms with Crippen molar-refractivity contribution >= 4 is 22.2 Å². The molecule has 0 bridgehead atoms. The number of allylic oxidation sites excluding steroid dienone is 3. The molecule has 1 aliphatic carbocycles. The maximum absolute atomic E-state index is 12.6. The average molecular weight is 409 g/mol. The second-order valence-corrected chi connectivity index (χ2v) is 21.5. The molecular formula is C23H44O2Si2. The van der Waals surface area contributed by atoms with Crippen molar-refractivity contribution in [1.29, 1.82) is 0 Å². The van der Waals surface area contributed by atoms with Gasteiger partial charge in [-0.3, -0.25) is 4.79 Å². The first-order chi connectivity index (χ1) is 12.1. The molecule has 0 amide bonds. The van der Waals surface area contributed by atoms with E-state index in [0.717, 1.165) is 24.8 Å². The highest BCUT2D eigenvalue weighted by molar-refractivity contribution is 6.76. The van der Waals surface area contributed by atoms with Gasteiger partial charge in [-0.2, -0.15) is 0 Å². The Labute approximate surface area is 171 Å². The van der Waals surface area contributed by atoms with Crippen LogP contribution in [0.2, 0.25) is 43.8 Å². The predicted octanol–water partition coefficient (Wildman–Crippen LogP) is 7.37. The molecule has 0 aromatic heterocycles. The van der Waals surface area contributed by atoms with Gasteiger partial charge in [0.2, 0.25) is 0 Å². The van der Waals surface area contributed by atoms with Gasteiger partial charge in [0.15, 0.2) is 14.1 Å². The molecule has 156 valence electrons. The molecule has 0 unspecified atom stereocenters. The summed E-state index contributed by atoms with van der Waals surface area (Å²) in [7, 11) is -3.02. The quantitative estimate of drug-likeness (QED) is 0.309. The van der Waals surface area contributed by atoms with Crippen molar-refractivity contribution in [2.45, 2.75) is 110 Å². The van der Waals surface area contributed by atoms with Crippen LogP contribution in [0.4, 0.5) is 0 Å². The van der Waals surface area contributed by atoms with E-state index in [-0.39, 0.29) is 11.1 Å². The molecule has 0 radical (unpaired) electrons. The van der Waals surface area contributed by atoms with Crippen molar-refractivity contribution in [3.8, 4) is 0 Å². The Morgan fingerprint density at radius 1 is 1.22 bits per heavy atom. The molecule has 1 rings (SSSR count). The number of carbonyl (C=O) groups is 1. The van der Waals surface area contributed by atoms with Crippen LogP contribution >= 0.6 is 0 Å². The van der Waals surface area contributed by atoms with E-state index in [9.17, 15) is 4.79 Å². The van der Waals surface area contributed by atoms with Gasteiger partial charge in [-0.15, -0.1) is 0 Å². The number of Topliss-reactive ketones (excluding diaryl/α,β-unsaturated/α-hetero) is 1. The minimum absolute atomic E-state index is 0.0519. The Kier molecular flexibility index (Phi) is 8.52. The average Bonchev–Trinajstić information content (AvgIpc) is 2.50. The summed E-state index contributed by atoms with van der Waals surface area (Å²) < 4.78 is 6.81. The van der Waals surface area contributed by atoms with E-state index in [1.807, 2.05) is 0 Å². The molecular weight excluding hydrogens is 364 g/mol. The summed E-state index contributed by atoms with van der Waals surface area (Å²) in [6.07, 6.45) is 8.15. The summed E-state index contributed by atoms with van der Waals surface area (Å²) in [5.41, 5.74) is 2.40. The summed E-state index contributed by atoms with van der Waals surface area (Å²) in [6, 6.07) is 1.22. The molecule has 27 heavy (non-hydrogen) atoms. The molecule has 0 N–H and O–H groups in total. The Hall–Kier alpha value is -0.456. The van der Waals surface area contributed by atoms with Gasteiger partial charge in [0.25, 0.3) is 0 Å². The standard InChI is InChI=1S/C23H44O2Si2/c1-18(15-16-26(6,7)8)19(2)17-22(20-13-11-12-14-21(20)24)25-27(9,10)23(3,4)5/h13,15,19,22H,11-12,14,16-17H2,1-10H3/b18-15+/t19-,22+/m1/s1. The highest BCUT2D eigenvalue weighted by Gasteiger charge is 2.41. The van der Waals surface area contributed by atoms with E-state index in [4.69, 9.17) is 4.43 Å². The summed E-state index contributed by atoms with van der Waals surface area (Å²) in [6.45, 7) is 23.2. The van der Waals surface area contributed by atoms with Crippen molar-refractivity contribution in [2.24, 2.45) is 5.92 Å². The van der Waals surface area contributed by atoms with Crippen LogP contribution in [0.3, 0.4) is 0 Å². The molecule has 0 fully saturated rings. The van der Waals surface area contributed by atoms with Crippen molar-refractivity contribution in [2.75, 3.05) is 0 Å². The van der Waals surface area contributed by atoms with Crippen LogP contribution in [0.1, 0.15) is 60.3 Å². The van der Waals surface area contributed by atoms with Gasteiger partial charge < -0.3 is 4.43 Å². The topological polar surface area (TPSA) is 26.3 Å². The van der Waals surface area contributed by atoms with Crippen LogP contribution in [0.15, 0.2) is 23.3 Å². The normalized spacial score (nSPS) is 19.7. The smallest absolute Gasteiger partial charge is 0.192 e. The third-order valence-corrected chi connectivity index (χ3v) is 12.2. The van der Waals surface area contributed by atoms with Crippen molar-refractivity contribution in [3.05, 3.63) is 23.3 Å². The van der Waals surface area contributed by atoms with E-state index in [1.165, 1.54) is 11.6 Å². The lowest BCUT2D eigenvalue weighted by Crippen LogP contribution is -2.45. The van der Waals surface area contributed by atoms with Gasteiger partial charge >= 0.3 is 0 Å². The first-order valence-corrected chi connectivity index (χ1v) is 17.3. The predicted molar refractivity (Wildman–Crippen MR) is 125 cm³/mol. The minimum Gasteiger partial charge on any atom is -0.410 e. The monoisotopic (exact) mass is 408 g/mol. The molecule has 4 heteroatoms. The number of carbonyl (C=O) groups excluding carboxylic acids is 1. The largest absolute Gasteiger partial charge is 0.410 e. The number of hydrogen-bond acceptors (Lipinski definition) is 2. The van der Waals surface area contributed by atoms with E-state index in [0.29, 0.717) is 18.1 Å². The zero-order chi connectivity index (χ0) is 21.0. The molecule has 0 spiro atoms. The van der Waals surface area contributed by atoms with Crippen LogP contribution in [-0.4, -0.2) is 28.3 Å². The first-order valence-electron chi connectivity index (χ1n) is 10.7. The van der Waals surface area contributed by atoms with Gasteiger partial charge in [0.05, 0.1) is 6.10 Å². The second-order valence-electron chi connectivity index (χ2n) is 11.2. The summed E-state index contributed by atoms with van der Waals surface area (Å²) in [5, 5.41) is 0.148. The highest BCUT2D eigenvalue weighted by Crippen LogP contribution is 2.40. The summed E-state index contributed by atoms with van der Waals surface area (Å²) >= 11 is 0. The molecule has 2 nitrogen and oxygen atoms in total. The second kappa shape index (κ2) is 9.36. The lowest BCUT2D eigenvalue weighted by Gasteiger charge is -2.40. The summed E-state index contributed by atoms with van der Waals surface area (Å²) in [5.74, 6) is 0.743. The highest BCUT2D eigenvalue weighted by atomic mass is 28.4. The van der Waals surface area contributed by atoms with Crippen molar-refractivity contribution in [3.63, 3.8) is 0 Å². The molecule has 0 heterocycles. The Bertz CT molecular complexity index is 574. The third kappa shape index (κ3) is 7.82. The molecule has 0 aliphatic heterocycles. The maximum Gasteiger partial charge on any atom is 0.192 e. The van der Waals surface area contributed by atoms with Gasteiger partial charge in [-0.25, -0.2) is 0 Å². The van der Waals surface area contributed by atoms with Crippen molar-refractivity contribution in [1.82, 2.24) is 0 Å². The minimum atomic E-state index is -1.94. The maximum atomic E-state index is 12.6. The number of rotatable bonds is 8. The van der Waals surface area contributed by atoms with E-state index >= 15 is 0 Å². The SMILES string of the molecule is C/C(=C\C[Si](C)(C)C)[C@H](C)C[C@H](O[Si](C)(C)C(C)(C)C)C1=CCCCC1=O. The van der Waals surface area contributed by atoms with Crippen LogP contribution < -0.4 is 0 Å². The lowest BCUT2D eigenvalue weighted by molar-refractivity contribution is -0.117. The van der Waals surface area contributed by atoms with Gasteiger partial charge in [-0.05, 0) is 56.3 Å². The zero-order valence-corrected chi connectivity index (χ0v) is 21.7. The van der Waals surface area contributed by atoms with Gasteiger partial charge in [-0.1, -0.05) is 65.1 Å². The van der Waals surface area contributed by atoms with Crippen LogP contribution in [0.25, 0.3) is 0 Å². The van der Waals surface area contributed by atoms with Crippen LogP contribution in [-0.2, 0) is 9.22 Å². The number of ketones is 1. The fourth-order valence-electron chi connectivity index (χ4n) is 3.04.